The van der Waals surface area contributed by atoms with E-state index < -0.39 is 0 Å². The van der Waals surface area contributed by atoms with Gasteiger partial charge in [-0.25, -0.2) is 4.79 Å². The molecule has 0 aliphatic heterocycles. The Labute approximate surface area is 175 Å². The van der Waals surface area contributed by atoms with Gasteiger partial charge in [-0.05, 0) is 44.9 Å². The van der Waals surface area contributed by atoms with Gasteiger partial charge in [-0.1, -0.05) is 96.1 Å². The maximum absolute atomic E-state index is 11.7. The van der Waals surface area contributed by atoms with Gasteiger partial charge in [0.05, 0.1) is 6.61 Å². The van der Waals surface area contributed by atoms with Crippen LogP contribution in [0.1, 0.15) is 129 Å². The summed E-state index contributed by atoms with van der Waals surface area (Å²) in [5.74, 6) is 0. The highest BCUT2D eigenvalue weighted by Gasteiger charge is 2.15. The summed E-state index contributed by atoms with van der Waals surface area (Å²) in [6.45, 7) is 2.84. The zero-order valence-corrected chi connectivity index (χ0v) is 18.7. The monoisotopic (exact) mass is 393 g/mol. The Kier molecular flexibility index (Phi) is 17.3. The highest BCUT2D eigenvalue weighted by atomic mass is 16.5. The fraction of sp³-hybridized carbons (Fsp3) is 0.880. The highest BCUT2D eigenvalue weighted by molar-refractivity contribution is 5.67. The van der Waals surface area contributed by atoms with Gasteiger partial charge in [-0.2, -0.15) is 0 Å². The van der Waals surface area contributed by atoms with Gasteiger partial charge in [-0.15, -0.1) is 0 Å². The molecule has 1 aliphatic carbocycles. The van der Waals surface area contributed by atoms with Crippen LogP contribution in [0.5, 0.6) is 0 Å². The minimum atomic E-state index is -0.209. The van der Waals surface area contributed by atoms with E-state index in [-0.39, 0.29) is 6.09 Å². The molecule has 0 radical (unpaired) electrons. The molecule has 0 aromatic carbocycles. The molecule has 0 atom stereocenters. The Morgan fingerprint density at radius 3 is 1.93 bits per heavy atom. The van der Waals surface area contributed by atoms with E-state index in [1.165, 1.54) is 103 Å². The maximum atomic E-state index is 11.7. The predicted molar refractivity (Wildman–Crippen MR) is 121 cm³/mol. The second kappa shape index (κ2) is 19.3. The number of carbonyl (C=O) groups is 1. The zero-order valence-electron chi connectivity index (χ0n) is 18.7. The van der Waals surface area contributed by atoms with Crippen molar-refractivity contribution < 1.29 is 9.53 Å². The number of rotatable bonds is 17. The van der Waals surface area contributed by atoms with Crippen molar-refractivity contribution in [2.75, 3.05) is 6.61 Å². The smallest absolute Gasteiger partial charge is 0.407 e. The number of hydrogen-bond acceptors (Lipinski definition) is 2. The van der Waals surface area contributed by atoms with Gasteiger partial charge in [0.2, 0.25) is 0 Å². The molecule has 0 spiro atoms. The van der Waals surface area contributed by atoms with E-state index in [1.807, 2.05) is 0 Å². The van der Waals surface area contributed by atoms with Gasteiger partial charge in [0.15, 0.2) is 0 Å². The van der Waals surface area contributed by atoms with Crippen LogP contribution in [-0.2, 0) is 4.74 Å². The summed E-state index contributed by atoms with van der Waals surface area (Å²) in [5.41, 5.74) is 0. The summed E-state index contributed by atoms with van der Waals surface area (Å²) >= 11 is 0. The standard InChI is InChI=1S/C25H47NO2/c1-2-3-4-5-6-7-8-9-10-11-12-13-14-15-16-20-23-28-25(27)26-24-21-18-17-19-22-24/h9-10,24H,2-8,11-23H2,1H3,(H,26,27)/b10-9-. The van der Waals surface area contributed by atoms with Crippen LogP contribution < -0.4 is 5.32 Å². The number of nitrogens with one attached hydrogen (secondary N) is 1. The Balaban J connectivity index is 1.75. The van der Waals surface area contributed by atoms with Crippen molar-refractivity contribution in [2.45, 2.75) is 135 Å². The van der Waals surface area contributed by atoms with Crippen LogP contribution in [-0.4, -0.2) is 18.7 Å². The summed E-state index contributed by atoms with van der Waals surface area (Å²) in [7, 11) is 0. The fourth-order valence-electron chi connectivity index (χ4n) is 3.97. The molecule has 0 bridgehead atoms. The molecule has 0 saturated heterocycles. The van der Waals surface area contributed by atoms with Crippen LogP contribution in [0.25, 0.3) is 0 Å². The number of ether oxygens (including phenoxy) is 1. The van der Waals surface area contributed by atoms with Crippen LogP contribution >= 0.6 is 0 Å². The lowest BCUT2D eigenvalue weighted by Gasteiger charge is -2.22. The van der Waals surface area contributed by atoms with Crippen LogP contribution in [0.3, 0.4) is 0 Å². The van der Waals surface area contributed by atoms with Gasteiger partial charge in [0.25, 0.3) is 0 Å². The summed E-state index contributed by atoms with van der Waals surface area (Å²) in [5, 5.41) is 3.01. The van der Waals surface area contributed by atoms with E-state index in [0.717, 1.165) is 19.3 Å². The van der Waals surface area contributed by atoms with Crippen LogP contribution in [0.2, 0.25) is 0 Å². The van der Waals surface area contributed by atoms with Gasteiger partial charge in [0.1, 0.15) is 0 Å². The quantitative estimate of drug-likeness (QED) is 0.200. The van der Waals surface area contributed by atoms with Crippen molar-refractivity contribution in [2.24, 2.45) is 0 Å². The first-order valence-corrected chi connectivity index (χ1v) is 12.4. The third kappa shape index (κ3) is 16.0. The first-order chi connectivity index (χ1) is 13.8. The molecule has 3 nitrogen and oxygen atoms in total. The second-order valence-electron chi connectivity index (χ2n) is 8.55. The summed E-state index contributed by atoms with van der Waals surface area (Å²) < 4.78 is 5.30. The molecule has 1 rings (SSSR count). The average molecular weight is 394 g/mol. The Morgan fingerprint density at radius 1 is 0.786 bits per heavy atom. The molecule has 0 aromatic heterocycles. The molecule has 28 heavy (non-hydrogen) atoms. The van der Waals surface area contributed by atoms with E-state index in [0.29, 0.717) is 12.6 Å². The topological polar surface area (TPSA) is 38.3 Å². The van der Waals surface area contributed by atoms with Crippen LogP contribution in [0.4, 0.5) is 4.79 Å². The number of carbonyl (C=O) groups excluding carboxylic acids is 1. The van der Waals surface area contributed by atoms with Crippen molar-refractivity contribution in [1.29, 1.82) is 0 Å². The number of alkyl carbamates (subject to hydrolysis) is 1. The van der Waals surface area contributed by atoms with E-state index in [4.69, 9.17) is 4.74 Å². The molecule has 0 aromatic rings. The van der Waals surface area contributed by atoms with Crippen molar-refractivity contribution >= 4 is 6.09 Å². The fourth-order valence-corrected chi connectivity index (χ4v) is 3.97. The normalized spacial score (nSPS) is 15.2. The van der Waals surface area contributed by atoms with E-state index in [9.17, 15) is 4.79 Å². The molecular formula is C25H47NO2. The average Bonchev–Trinajstić information content (AvgIpc) is 2.71. The maximum Gasteiger partial charge on any atom is 0.407 e. The molecule has 1 amide bonds. The number of amides is 1. The van der Waals surface area contributed by atoms with Crippen LogP contribution in [0.15, 0.2) is 12.2 Å². The van der Waals surface area contributed by atoms with Crippen molar-refractivity contribution in [1.82, 2.24) is 5.32 Å². The minimum absolute atomic E-state index is 0.209. The molecule has 0 heterocycles. The van der Waals surface area contributed by atoms with Gasteiger partial charge >= 0.3 is 6.09 Å². The summed E-state index contributed by atoms with van der Waals surface area (Å²) in [4.78, 5) is 11.7. The van der Waals surface area contributed by atoms with Crippen molar-refractivity contribution in [3.8, 4) is 0 Å². The molecule has 1 N–H and O–H groups in total. The Morgan fingerprint density at radius 2 is 1.32 bits per heavy atom. The SMILES string of the molecule is CCCCCCCC/C=C\CCCCCCCCOC(=O)NC1CCCCC1. The molecular weight excluding hydrogens is 346 g/mol. The first kappa shape index (κ1) is 25.0. The lowest BCUT2D eigenvalue weighted by Crippen LogP contribution is -2.36. The number of allylic oxidation sites excluding steroid dienone is 2. The number of unbranched alkanes of at least 4 members (excludes halogenated alkanes) is 12. The third-order valence-electron chi connectivity index (χ3n) is 5.82. The number of hydrogen-bond donors (Lipinski definition) is 1. The second-order valence-corrected chi connectivity index (χ2v) is 8.55. The molecule has 1 fully saturated rings. The lowest BCUT2D eigenvalue weighted by molar-refractivity contribution is 0.137. The third-order valence-corrected chi connectivity index (χ3v) is 5.82. The Bertz CT molecular complexity index is 375. The van der Waals surface area contributed by atoms with E-state index in [2.05, 4.69) is 24.4 Å². The zero-order chi connectivity index (χ0) is 20.1. The molecule has 1 aliphatic rings. The van der Waals surface area contributed by atoms with E-state index >= 15 is 0 Å². The van der Waals surface area contributed by atoms with E-state index in [1.54, 1.807) is 0 Å². The van der Waals surface area contributed by atoms with Crippen molar-refractivity contribution in [3.05, 3.63) is 12.2 Å². The minimum Gasteiger partial charge on any atom is -0.450 e. The largest absolute Gasteiger partial charge is 0.450 e. The van der Waals surface area contributed by atoms with Gasteiger partial charge in [-0.3, -0.25) is 0 Å². The highest BCUT2D eigenvalue weighted by Crippen LogP contribution is 2.17. The summed E-state index contributed by atoms with van der Waals surface area (Å²) in [6.07, 6.45) is 28.8. The van der Waals surface area contributed by atoms with Crippen molar-refractivity contribution in [3.63, 3.8) is 0 Å². The molecule has 164 valence electrons. The lowest BCUT2D eigenvalue weighted by atomic mass is 9.96. The molecule has 3 heteroatoms. The Hall–Kier alpha value is -0.990. The molecule has 0 unspecified atom stereocenters. The summed E-state index contributed by atoms with van der Waals surface area (Å²) in [6, 6.07) is 0.348. The van der Waals surface area contributed by atoms with Gasteiger partial charge in [0, 0.05) is 6.04 Å². The first-order valence-electron chi connectivity index (χ1n) is 12.4. The van der Waals surface area contributed by atoms with Gasteiger partial charge < -0.3 is 10.1 Å². The van der Waals surface area contributed by atoms with Crippen LogP contribution in [0, 0.1) is 0 Å². The molecule has 1 saturated carbocycles. The predicted octanol–water partition coefficient (Wildman–Crippen LogP) is 8.08.